The fraction of sp³-hybridized carbons (Fsp3) is 0.133. The highest BCUT2D eigenvalue weighted by Gasteiger charge is 2.08. The standard InChI is InChI=1S/C15H13BrN2O2/c1-20-12-6-7-14-13(8-12)15(19)17-18(14)9-10-2-4-11(16)5-3-10/h2-8H,9H2,1H3,(H,17,19). The lowest BCUT2D eigenvalue weighted by Crippen LogP contribution is -2.06. The molecule has 0 aliphatic heterocycles. The van der Waals surface area contributed by atoms with Gasteiger partial charge in [-0.15, -0.1) is 0 Å². The maximum atomic E-state index is 12.0. The summed E-state index contributed by atoms with van der Waals surface area (Å²) < 4.78 is 8.04. The van der Waals surface area contributed by atoms with Crippen molar-refractivity contribution in [1.82, 2.24) is 9.78 Å². The third kappa shape index (κ3) is 2.36. The molecule has 2 aromatic carbocycles. The number of rotatable bonds is 3. The lowest BCUT2D eigenvalue weighted by Gasteiger charge is -2.05. The summed E-state index contributed by atoms with van der Waals surface area (Å²) in [6, 6.07) is 13.5. The molecule has 20 heavy (non-hydrogen) atoms. The Morgan fingerprint density at radius 3 is 2.65 bits per heavy atom. The number of ether oxygens (including phenoxy) is 1. The third-order valence-electron chi connectivity index (χ3n) is 3.23. The molecule has 0 saturated heterocycles. The Hall–Kier alpha value is -2.01. The molecule has 3 rings (SSSR count). The molecule has 0 amide bonds. The van der Waals surface area contributed by atoms with Crippen molar-refractivity contribution >= 4 is 26.8 Å². The van der Waals surface area contributed by atoms with Crippen molar-refractivity contribution in [2.75, 3.05) is 7.11 Å². The van der Waals surface area contributed by atoms with Crippen LogP contribution in [0.4, 0.5) is 0 Å². The smallest absolute Gasteiger partial charge is 0.272 e. The molecule has 0 unspecified atom stereocenters. The largest absolute Gasteiger partial charge is 0.497 e. The first-order valence-corrected chi connectivity index (χ1v) is 6.97. The molecule has 0 aliphatic rings. The lowest BCUT2D eigenvalue weighted by molar-refractivity contribution is 0.415. The van der Waals surface area contributed by atoms with E-state index in [1.54, 1.807) is 13.2 Å². The van der Waals surface area contributed by atoms with Crippen molar-refractivity contribution in [1.29, 1.82) is 0 Å². The van der Waals surface area contributed by atoms with Gasteiger partial charge in [0, 0.05) is 4.47 Å². The first kappa shape index (κ1) is 13.0. The second kappa shape index (κ2) is 5.17. The van der Waals surface area contributed by atoms with E-state index in [0.717, 1.165) is 15.6 Å². The number of nitrogens with one attached hydrogen (secondary N) is 1. The summed E-state index contributed by atoms with van der Waals surface area (Å²) in [6.07, 6.45) is 0. The van der Waals surface area contributed by atoms with E-state index in [2.05, 4.69) is 21.0 Å². The van der Waals surface area contributed by atoms with Crippen LogP contribution in [-0.2, 0) is 6.54 Å². The van der Waals surface area contributed by atoms with Gasteiger partial charge in [-0.2, -0.15) is 0 Å². The summed E-state index contributed by atoms with van der Waals surface area (Å²) in [5, 5.41) is 3.50. The second-order valence-corrected chi connectivity index (χ2v) is 5.45. The van der Waals surface area contributed by atoms with E-state index in [9.17, 15) is 4.79 Å². The average Bonchev–Trinajstić information content (AvgIpc) is 2.77. The zero-order valence-corrected chi connectivity index (χ0v) is 12.5. The maximum absolute atomic E-state index is 12.0. The molecule has 0 spiro atoms. The van der Waals surface area contributed by atoms with Crippen LogP contribution in [0.25, 0.3) is 10.9 Å². The highest BCUT2D eigenvalue weighted by Crippen LogP contribution is 2.19. The number of methoxy groups -OCH3 is 1. The van der Waals surface area contributed by atoms with Gasteiger partial charge in [-0.05, 0) is 35.9 Å². The number of hydrogen-bond donors (Lipinski definition) is 1. The lowest BCUT2D eigenvalue weighted by atomic mass is 10.2. The van der Waals surface area contributed by atoms with E-state index in [-0.39, 0.29) is 5.56 Å². The Balaban J connectivity index is 2.04. The summed E-state index contributed by atoms with van der Waals surface area (Å²) in [5.74, 6) is 0.685. The van der Waals surface area contributed by atoms with Gasteiger partial charge < -0.3 is 4.74 Å². The summed E-state index contributed by atoms with van der Waals surface area (Å²) >= 11 is 3.41. The van der Waals surface area contributed by atoms with Crippen molar-refractivity contribution in [3.8, 4) is 5.75 Å². The highest BCUT2D eigenvalue weighted by atomic mass is 79.9. The number of halogens is 1. The molecular formula is C15H13BrN2O2. The SMILES string of the molecule is COc1ccc2c(c1)c(=O)[nH]n2Cc1ccc(Br)cc1. The molecule has 0 saturated carbocycles. The monoisotopic (exact) mass is 332 g/mol. The first-order valence-electron chi connectivity index (χ1n) is 6.18. The molecule has 0 radical (unpaired) electrons. The van der Waals surface area contributed by atoms with Gasteiger partial charge in [0.1, 0.15) is 5.75 Å². The van der Waals surface area contributed by atoms with Crippen molar-refractivity contribution in [3.05, 3.63) is 62.9 Å². The van der Waals surface area contributed by atoms with E-state index in [1.807, 2.05) is 41.1 Å². The Morgan fingerprint density at radius 2 is 1.95 bits per heavy atom. The first-order chi connectivity index (χ1) is 9.67. The van der Waals surface area contributed by atoms with Crippen LogP contribution in [-0.4, -0.2) is 16.9 Å². The summed E-state index contributed by atoms with van der Waals surface area (Å²) in [7, 11) is 1.59. The van der Waals surface area contributed by atoms with E-state index in [0.29, 0.717) is 17.7 Å². The van der Waals surface area contributed by atoms with Crippen molar-refractivity contribution in [3.63, 3.8) is 0 Å². The fourth-order valence-electron chi connectivity index (χ4n) is 2.20. The van der Waals surface area contributed by atoms with E-state index < -0.39 is 0 Å². The molecule has 5 heteroatoms. The predicted octanol–water partition coefficient (Wildman–Crippen LogP) is 3.15. The molecule has 1 N–H and O–H groups in total. The zero-order chi connectivity index (χ0) is 14.1. The van der Waals surface area contributed by atoms with Crippen LogP contribution in [0.5, 0.6) is 5.75 Å². The molecule has 4 nitrogen and oxygen atoms in total. The summed E-state index contributed by atoms with van der Waals surface area (Å²) in [5.41, 5.74) is 1.90. The third-order valence-corrected chi connectivity index (χ3v) is 3.76. The fourth-order valence-corrected chi connectivity index (χ4v) is 2.46. The summed E-state index contributed by atoms with van der Waals surface area (Å²) in [4.78, 5) is 12.0. The minimum absolute atomic E-state index is 0.101. The average molecular weight is 333 g/mol. The Labute approximate surface area is 124 Å². The Morgan fingerprint density at radius 1 is 1.20 bits per heavy atom. The van der Waals surface area contributed by atoms with Crippen LogP contribution in [0.15, 0.2) is 51.7 Å². The van der Waals surface area contributed by atoms with E-state index in [4.69, 9.17) is 4.74 Å². The number of aromatic nitrogens is 2. The highest BCUT2D eigenvalue weighted by molar-refractivity contribution is 9.10. The number of aromatic amines is 1. The van der Waals surface area contributed by atoms with Gasteiger partial charge in [0.05, 0.1) is 24.6 Å². The van der Waals surface area contributed by atoms with Gasteiger partial charge in [-0.25, -0.2) is 0 Å². The predicted molar refractivity (Wildman–Crippen MR) is 82.4 cm³/mol. The topological polar surface area (TPSA) is 47.0 Å². The van der Waals surface area contributed by atoms with Crippen LogP contribution in [0.2, 0.25) is 0 Å². The van der Waals surface area contributed by atoms with Gasteiger partial charge in [-0.3, -0.25) is 14.6 Å². The van der Waals surface area contributed by atoms with Gasteiger partial charge in [0.15, 0.2) is 0 Å². The van der Waals surface area contributed by atoms with Gasteiger partial charge in [0.2, 0.25) is 0 Å². The summed E-state index contributed by atoms with van der Waals surface area (Å²) in [6.45, 7) is 0.623. The molecule has 0 fully saturated rings. The molecule has 1 heterocycles. The van der Waals surface area contributed by atoms with Crippen LogP contribution in [0.1, 0.15) is 5.56 Å². The normalized spacial score (nSPS) is 10.9. The molecule has 3 aromatic rings. The van der Waals surface area contributed by atoms with Crippen LogP contribution >= 0.6 is 15.9 Å². The van der Waals surface area contributed by atoms with Gasteiger partial charge >= 0.3 is 0 Å². The van der Waals surface area contributed by atoms with Crippen LogP contribution in [0, 0.1) is 0 Å². The molecule has 1 aromatic heterocycles. The van der Waals surface area contributed by atoms with E-state index >= 15 is 0 Å². The minimum atomic E-state index is -0.101. The second-order valence-electron chi connectivity index (χ2n) is 4.54. The van der Waals surface area contributed by atoms with E-state index in [1.165, 1.54) is 0 Å². The Kier molecular flexibility index (Phi) is 3.36. The van der Waals surface area contributed by atoms with Crippen molar-refractivity contribution in [2.24, 2.45) is 0 Å². The molecule has 102 valence electrons. The Bertz CT molecular complexity index is 803. The molecular weight excluding hydrogens is 320 g/mol. The zero-order valence-electron chi connectivity index (χ0n) is 10.9. The quantitative estimate of drug-likeness (QED) is 0.800. The van der Waals surface area contributed by atoms with Crippen LogP contribution < -0.4 is 10.3 Å². The number of hydrogen-bond acceptors (Lipinski definition) is 2. The molecule has 0 aliphatic carbocycles. The number of nitrogens with zero attached hydrogens (tertiary/aromatic N) is 1. The van der Waals surface area contributed by atoms with Gasteiger partial charge in [-0.1, -0.05) is 28.1 Å². The van der Waals surface area contributed by atoms with Gasteiger partial charge in [0.25, 0.3) is 5.56 Å². The number of fused-ring (bicyclic) bond motifs is 1. The number of H-pyrrole nitrogens is 1. The molecule has 0 bridgehead atoms. The number of benzene rings is 2. The van der Waals surface area contributed by atoms with Crippen molar-refractivity contribution in [2.45, 2.75) is 6.54 Å². The molecule has 0 atom stereocenters. The van der Waals surface area contributed by atoms with Crippen molar-refractivity contribution < 1.29 is 4.74 Å². The maximum Gasteiger partial charge on any atom is 0.272 e. The van der Waals surface area contributed by atoms with Crippen LogP contribution in [0.3, 0.4) is 0 Å². The minimum Gasteiger partial charge on any atom is -0.497 e.